The van der Waals surface area contributed by atoms with Crippen LogP contribution in [0.5, 0.6) is 0 Å². The summed E-state index contributed by atoms with van der Waals surface area (Å²) in [5, 5.41) is 0. The van der Waals surface area contributed by atoms with Crippen molar-refractivity contribution in [2.75, 3.05) is 0 Å². The van der Waals surface area contributed by atoms with Gasteiger partial charge in [0.15, 0.2) is 0 Å². The maximum absolute atomic E-state index is 12.3. The standard InChI is InChI=1S/C17H28O2.C16H26O2.C13H24O2.2C12H22O2.C11H20O2.C10H20O2.C9H18O2/c1-4-11(3)16(18)19-17(5-2)14-7-12-6-13(9-14)10-15(17)8-12;1-4-10(2)15(17)18-16(3)13-6-11-5-12(8-13)9-14(16)7-11;1-4-11(3)12(14)15-13(5-2)9-7-6-8-10-13;1-4-10(2)11(13)14-12(3)8-6-5-7-9-12;1-4-10(3)11(13)14-12(5-2)8-6-7-9-12;1-4-9(2)10(12)13-11(3)7-5-6-8-11;1-6-8(3)9(11)12-10(4,5)7-2;1-6-7(2)8(10)11-9(3,4)5/h11-15H,4-10H2,1-3H3;10-14H,4-9H2,1-3H3;11H,4-10H2,1-3H3;2*10H,4-9H2,1-3H3;9H,4-8H2,1-3H3;8H,6-7H2,1-5H3;7H,6H2,1-5H3. The van der Waals surface area contributed by atoms with Gasteiger partial charge in [-0.15, -0.1) is 0 Å². The van der Waals surface area contributed by atoms with Crippen molar-refractivity contribution >= 4 is 47.8 Å². The van der Waals surface area contributed by atoms with Gasteiger partial charge in [0.05, 0.1) is 47.3 Å². The molecule has 8 bridgehead atoms. The third-order valence-corrected chi connectivity index (χ3v) is 29.7. The quantitative estimate of drug-likeness (QED) is 0.0553. The molecule has 12 aliphatic rings. The van der Waals surface area contributed by atoms with Gasteiger partial charge in [0, 0.05) is 0 Å². The molecule has 676 valence electrons. The fraction of sp³-hybridized carbons (Fsp3) is 0.920. The summed E-state index contributed by atoms with van der Waals surface area (Å²) in [4.78, 5) is 93.5. The van der Waals surface area contributed by atoms with Gasteiger partial charge in [-0.25, -0.2) is 0 Å². The van der Waals surface area contributed by atoms with E-state index in [-0.39, 0.29) is 140 Å². The summed E-state index contributed by atoms with van der Waals surface area (Å²) in [6.45, 7) is 56.1. The minimum Gasteiger partial charge on any atom is -0.460 e. The number of ether oxygens (including phenoxy) is 8. The Hall–Kier alpha value is -4.24. The van der Waals surface area contributed by atoms with E-state index in [2.05, 4.69) is 55.4 Å². The van der Waals surface area contributed by atoms with Crippen molar-refractivity contribution < 1.29 is 76.3 Å². The minimum atomic E-state index is -0.347. The Morgan fingerprint density at radius 2 is 0.526 bits per heavy atom. The van der Waals surface area contributed by atoms with Crippen LogP contribution in [-0.4, -0.2) is 92.6 Å². The van der Waals surface area contributed by atoms with E-state index in [4.69, 9.17) is 37.9 Å². The van der Waals surface area contributed by atoms with Crippen molar-refractivity contribution in [1.29, 1.82) is 0 Å². The Labute approximate surface area is 710 Å². The highest BCUT2D eigenvalue weighted by atomic mass is 16.6. The molecule has 12 fully saturated rings. The lowest BCUT2D eigenvalue weighted by molar-refractivity contribution is -0.214. The molecule has 16 nitrogen and oxygen atoms in total. The summed E-state index contributed by atoms with van der Waals surface area (Å²) < 4.78 is 45.2. The van der Waals surface area contributed by atoms with E-state index >= 15 is 0 Å². The van der Waals surface area contributed by atoms with Crippen molar-refractivity contribution in [3.63, 3.8) is 0 Å². The fourth-order valence-corrected chi connectivity index (χ4v) is 19.1. The van der Waals surface area contributed by atoms with Crippen LogP contribution in [-0.2, 0) is 76.3 Å². The Balaban J connectivity index is 0.000000345. The van der Waals surface area contributed by atoms with Crippen LogP contribution in [0.2, 0.25) is 0 Å². The lowest BCUT2D eigenvalue weighted by Crippen LogP contribution is -2.59. The maximum atomic E-state index is 12.3. The van der Waals surface area contributed by atoms with Crippen LogP contribution >= 0.6 is 0 Å². The Bertz CT molecular complexity index is 2840. The molecule has 12 saturated carbocycles. The summed E-state index contributed by atoms with van der Waals surface area (Å²) in [7, 11) is 0. The summed E-state index contributed by atoms with van der Waals surface area (Å²) in [5.41, 5.74) is -1.46. The molecule has 0 aliphatic heterocycles. The molecule has 0 aromatic carbocycles. The van der Waals surface area contributed by atoms with Gasteiger partial charge in [-0.1, -0.05) is 151 Å². The SMILES string of the molecule is CCC(C)C(=O)OC(C)(C)C.CCC(C)C(=O)OC(C)(C)CC.CCC(C)C(=O)OC1(C)C2CC3CC(C2)CC1C3.CCC(C)C(=O)OC1(C)CCCC1.CCC(C)C(=O)OC1(C)CCCCC1.CCC(C)C(=O)OC1(CC)C2CC3CC(C2)CC1C3.CCC(C)C(=O)OC1(CC)CCCC1.CCC(C)C(=O)OC1(CC)CCCCC1. The van der Waals surface area contributed by atoms with Gasteiger partial charge < -0.3 is 37.9 Å². The molecule has 8 atom stereocenters. The number of carbonyl (C=O) groups excluding carboxylic acids is 8. The monoisotopic (exact) mass is 1640 g/mol. The summed E-state index contributed by atoms with van der Waals surface area (Å²) >= 11 is 0. The molecule has 0 saturated heterocycles. The van der Waals surface area contributed by atoms with Gasteiger partial charge in [-0.2, -0.15) is 0 Å². The van der Waals surface area contributed by atoms with E-state index in [9.17, 15) is 38.4 Å². The maximum Gasteiger partial charge on any atom is 0.309 e. The molecule has 0 radical (unpaired) electrons. The van der Waals surface area contributed by atoms with E-state index in [0.717, 1.165) is 152 Å². The lowest BCUT2D eigenvalue weighted by atomic mass is 9.49. The first kappa shape index (κ1) is 106. The lowest BCUT2D eigenvalue weighted by Gasteiger charge is -2.60. The van der Waals surface area contributed by atoms with Crippen molar-refractivity contribution in [3.05, 3.63) is 0 Å². The number of hydrogen-bond acceptors (Lipinski definition) is 16. The number of rotatable bonds is 27. The predicted molar refractivity (Wildman–Crippen MR) is 470 cm³/mol. The third kappa shape index (κ3) is 33.2. The average molecular weight is 1640 g/mol. The molecule has 0 amide bonds. The Kier molecular flexibility index (Phi) is 45.4. The molecular formula is C100H180O16. The molecule has 116 heavy (non-hydrogen) atoms. The van der Waals surface area contributed by atoms with Crippen molar-refractivity contribution in [3.8, 4) is 0 Å². The van der Waals surface area contributed by atoms with Gasteiger partial charge in [0.1, 0.15) is 44.8 Å². The van der Waals surface area contributed by atoms with Gasteiger partial charge in [0.2, 0.25) is 0 Å². The van der Waals surface area contributed by atoms with Gasteiger partial charge >= 0.3 is 47.8 Å². The zero-order chi connectivity index (χ0) is 87.8. The molecule has 12 rings (SSSR count). The molecule has 0 spiro atoms. The smallest absolute Gasteiger partial charge is 0.309 e. The van der Waals surface area contributed by atoms with Crippen LogP contribution in [0.3, 0.4) is 0 Å². The van der Waals surface area contributed by atoms with Crippen molar-refractivity contribution in [1.82, 2.24) is 0 Å². The number of hydrogen-bond donors (Lipinski definition) is 0. The molecular weight excluding hydrogens is 1460 g/mol. The molecule has 16 heteroatoms. The normalized spacial score (nSPS) is 28.3. The average Bonchev–Trinajstić information content (AvgIpc) is 1.28. The van der Waals surface area contributed by atoms with Crippen LogP contribution < -0.4 is 0 Å². The van der Waals surface area contributed by atoms with Gasteiger partial charge in [0.25, 0.3) is 0 Å². The van der Waals surface area contributed by atoms with E-state index in [0.29, 0.717) is 23.7 Å². The summed E-state index contributed by atoms with van der Waals surface area (Å²) in [5.74, 6) is 6.56. The number of carbonyl (C=O) groups is 8. The van der Waals surface area contributed by atoms with E-state index in [1.807, 2.05) is 138 Å². The molecule has 8 unspecified atom stereocenters. The first-order valence-electron chi connectivity index (χ1n) is 48.1. The zero-order valence-corrected chi connectivity index (χ0v) is 80.1. The van der Waals surface area contributed by atoms with E-state index in [1.165, 1.54) is 128 Å². The highest BCUT2D eigenvalue weighted by molar-refractivity contribution is 5.75. The second-order valence-electron chi connectivity index (χ2n) is 40.7. The summed E-state index contributed by atoms with van der Waals surface area (Å²) in [6.07, 6.45) is 44.7. The highest BCUT2D eigenvalue weighted by Crippen LogP contribution is 2.62. The second kappa shape index (κ2) is 49.8. The summed E-state index contributed by atoms with van der Waals surface area (Å²) in [6, 6.07) is 0. The molecule has 0 heterocycles. The molecule has 0 aromatic heterocycles. The second-order valence-corrected chi connectivity index (χ2v) is 40.7. The van der Waals surface area contributed by atoms with Crippen LogP contribution in [0.4, 0.5) is 0 Å². The first-order chi connectivity index (χ1) is 54.3. The minimum absolute atomic E-state index is 0.00116. The fourth-order valence-electron chi connectivity index (χ4n) is 19.1. The molecule has 0 N–H and O–H groups in total. The highest BCUT2D eigenvalue weighted by Gasteiger charge is 2.60. The number of esters is 8. The van der Waals surface area contributed by atoms with Crippen molar-refractivity contribution in [2.45, 2.75) is 496 Å². The topological polar surface area (TPSA) is 210 Å². The van der Waals surface area contributed by atoms with Gasteiger partial charge in [-0.05, 0) is 347 Å². The van der Waals surface area contributed by atoms with Gasteiger partial charge in [-0.3, -0.25) is 38.4 Å². The zero-order valence-electron chi connectivity index (χ0n) is 80.1. The Morgan fingerprint density at radius 3 is 0.802 bits per heavy atom. The predicted octanol–water partition coefficient (Wildman–Crippen LogP) is 26.3. The van der Waals surface area contributed by atoms with Crippen molar-refractivity contribution in [2.24, 2.45) is 94.7 Å². The van der Waals surface area contributed by atoms with Crippen LogP contribution in [0, 0.1) is 94.7 Å². The van der Waals surface area contributed by atoms with Crippen LogP contribution in [0.1, 0.15) is 451 Å². The first-order valence-corrected chi connectivity index (χ1v) is 48.1. The Morgan fingerprint density at radius 1 is 0.284 bits per heavy atom. The molecule has 12 aliphatic carbocycles. The van der Waals surface area contributed by atoms with Crippen LogP contribution in [0.15, 0.2) is 0 Å². The van der Waals surface area contributed by atoms with E-state index in [1.54, 1.807) is 0 Å². The van der Waals surface area contributed by atoms with E-state index < -0.39 is 0 Å². The third-order valence-electron chi connectivity index (χ3n) is 29.7. The van der Waals surface area contributed by atoms with Crippen LogP contribution in [0.25, 0.3) is 0 Å². The largest absolute Gasteiger partial charge is 0.460 e. The molecule has 0 aromatic rings.